The van der Waals surface area contributed by atoms with Crippen LogP contribution >= 0.6 is 23.2 Å². The molecule has 1 aliphatic heterocycles. The fourth-order valence-electron chi connectivity index (χ4n) is 4.06. The van der Waals surface area contributed by atoms with Gasteiger partial charge in [-0.25, -0.2) is 23.4 Å². The molecule has 2 atom stereocenters. The average molecular weight is 582 g/mol. The molecule has 0 aliphatic carbocycles. The number of anilines is 2. The molecule has 0 radical (unpaired) electrons. The highest BCUT2D eigenvalue weighted by molar-refractivity contribution is 7.92. The van der Waals surface area contributed by atoms with Crippen LogP contribution in [0.1, 0.15) is 6.42 Å². The minimum Gasteiger partial charge on any atom is -0.495 e. The Balaban J connectivity index is 1.81. The Kier molecular flexibility index (Phi) is 8.26. The van der Waals surface area contributed by atoms with Crippen molar-refractivity contribution >= 4 is 61.7 Å². The third kappa shape index (κ3) is 5.93. The molecule has 0 spiro atoms. The zero-order valence-corrected chi connectivity index (χ0v) is 23.1. The van der Waals surface area contributed by atoms with Gasteiger partial charge < -0.3 is 19.5 Å². The molecule has 3 aromatic rings. The van der Waals surface area contributed by atoms with Crippen LogP contribution in [0.25, 0.3) is 22.2 Å². The lowest BCUT2D eigenvalue weighted by atomic mass is 9.97. The lowest BCUT2D eigenvalue weighted by Crippen LogP contribution is -2.30. The van der Waals surface area contributed by atoms with Gasteiger partial charge in [-0.1, -0.05) is 29.8 Å². The zero-order chi connectivity index (χ0) is 27.6. The summed E-state index contributed by atoms with van der Waals surface area (Å²) in [7, 11) is -0.864. The van der Waals surface area contributed by atoms with Gasteiger partial charge in [0.05, 0.1) is 55.5 Å². The maximum atomic E-state index is 12.2. The molecule has 202 valence electrons. The van der Waals surface area contributed by atoms with E-state index in [1.807, 2.05) is 0 Å². The molecule has 2 aromatic heterocycles. The Morgan fingerprint density at radius 3 is 2.47 bits per heavy atom. The average Bonchev–Trinajstić information content (AvgIpc) is 3.29. The number of methoxy groups -OCH3 is 2. The van der Waals surface area contributed by atoms with Crippen molar-refractivity contribution in [3.8, 4) is 22.8 Å². The van der Waals surface area contributed by atoms with Crippen LogP contribution in [-0.4, -0.2) is 68.9 Å². The number of fused-ring (bicyclic) bond motifs is 1. The van der Waals surface area contributed by atoms with Crippen molar-refractivity contribution in [2.75, 3.05) is 43.7 Å². The first kappa shape index (κ1) is 27.8. The van der Waals surface area contributed by atoms with Crippen LogP contribution in [0.2, 0.25) is 10.0 Å². The molecule has 0 bridgehead atoms. The van der Waals surface area contributed by atoms with E-state index in [-0.39, 0.29) is 62.7 Å². The molecule has 3 heterocycles. The highest BCUT2D eigenvalue weighted by Crippen LogP contribution is 2.46. The van der Waals surface area contributed by atoms with Crippen molar-refractivity contribution in [3.05, 3.63) is 41.0 Å². The topological polar surface area (TPSA) is 142 Å². The highest BCUT2D eigenvalue weighted by atomic mass is 35.5. The van der Waals surface area contributed by atoms with Crippen LogP contribution in [0, 0.1) is 5.92 Å². The normalized spacial score (nSPS) is 17.3. The summed E-state index contributed by atoms with van der Waals surface area (Å²) in [5.41, 5.74) is 0.756. The number of hydrogen-bond acceptors (Lipinski definition) is 10. The summed E-state index contributed by atoms with van der Waals surface area (Å²) in [6, 6.07) is 2.94. The number of benzene rings is 1. The second kappa shape index (κ2) is 11.3. The summed E-state index contributed by atoms with van der Waals surface area (Å²) in [5, 5.41) is 3.97. The first-order valence-electron chi connectivity index (χ1n) is 11.3. The number of aromatic nitrogens is 3. The molecule has 1 fully saturated rings. The Bertz CT molecular complexity index is 1490. The lowest BCUT2D eigenvalue weighted by molar-refractivity contribution is -0.115. The number of rotatable bonds is 10. The van der Waals surface area contributed by atoms with Crippen LogP contribution in [0.3, 0.4) is 0 Å². The number of hydrogen-bond donors (Lipinski definition) is 2. The number of carbonyl (C=O) groups excluding carboxylic acids is 1. The van der Waals surface area contributed by atoms with Crippen molar-refractivity contribution in [2.24, 2.45) is 5.92 Å². The lowest BCUT2D eigenvalue weighted by Gasteiger charge is -2.19. The second-order valence-electron chi connectivity index (χ2n) is 8.57. The minimum atomic E-state index is -3.75. The van der Waals surface area contributed by atoms with Crippen LogP contribution in [0.15, 0.2) is 31.0 Å². The summed E-state index contributed by atoms with van der Waals surface area (Å²) in [6.45, 7) is 4.28. The minimum absolute atomic E-state index is 0.0552. The molecular weight excluding hydrogens is 557 g/mol. The Labute approximate surface area is 229 Å². The Morgan fingerprint density at radius 2 is 1.87 bits per heavy atom. The van der Waals surface area contributed by atoms with Crippen molar-refractivity contribution < 1.29 is 27.4 Å². The van der Waals surface area contributed by atoms with E-state index in [0.29, 0.717) is 30.1 Å². The maximum Gasteiger partial charge on any atom is 0.231 e. The number of ether oxygens (including phenoxy) is 3. The van der Waals surface area contributed by atoms with Crippen LogP contribution in [-0.2, 0) is 19.6 Å². The number of nitrogens with zero attached hydrogens (tertiary/aromatic N) is 3. The van der Waals surface area contributed by atoms with E-state index in [0.717, 1.165) is 6.26 Å². The van der Waals surface area contributed by atoms with Gasteiger partial charge in [0.2, 0.25) is 16.0 Å². The monoisotopic (exact) mass is 581 g/mol. The van der Waals surface area contributed by atoms with Gasteiger partial charge in [0.25, 0.3) is 0 Å². The standard InChI is InChI=1S/C24H25Cl2N5O6S/c1-5-14(32)6-13-10-37-11-16(13)29-24-27-9-12-7-15(28-23(22(12)30-24)31-38(4,33)34)19-20(25)17(35-2)8-18(36-3)21(19)26/h5,7-9,13,16H,1,6,10-11H2,2-4H3,(H,28,31)(H,27,29,30)/t13-,16+/m0/s1. The van der Waals surface area contributed by atoms with Crippen molar-refractivity contribution in [2.45, 2.75) is 12.5 Å². The molecule has 4 rings (SSSR count). The molecule has 0 amide bonds. The van der Waals surface area contributed by atoms with Gasteiger partial charge in [-0.15, -0.1) is 0 Å². The molecule has 1 aliphatic rings. The quantitative estimate of drug-likeness (QED) is 0.338. The van der Waals surface area contributed by atoms with Crippen LogP contribution < -0.4 is 19.5 Å². The van der Waals surface area contributed by atoms with E-state index in [1.165, 1.54) is 32.6 Å². The summed E-state index contributed by atoms with van der Waals surface area (Å²) >= 11 is 13.1. The number of ketones is 1. The van der Waals surface area contributed by atoms with Crippen molar-refractivity contribution in [1.82, 2.24) is 15.0 Å². The smallest absolute Gasteiger partial charge is 0.231 e. The Hall–Kier alpha value is -3.19. The number of sulfonamides is 1. The van der Waals surface area contributed by atoms with Crippen LogP contribution in [0.5, 0.6) is 11.5 Å². The van der Waals surface area contributed by atoms with Gasteiger partial charge in [-0.05, 0) is 12.1 Å². The second-order valence-corrected chi connectivity index (χ2v) is 11.1. The van der Waals surface area contributed by atoms with E-state index in [1.54, 1.807) is 6.07 Å². The summed E-state index contributed by atoms with van der Waals surface area (Å²) in [5.74, 6) is 0.563. The highest BCUT2D eigenvalue weighted by Gasteiger charge is 2.30. The predicted octanol–water partition coefficient (Wildman–Crippen LogP) is 3.96. The third-order valence-corrected chi connectivity index (χ3v) is 7.20. The number of nitrogens with one attached hydrogen (secondary N) is 2. The largest absolute Gasteiger partial charge is 0.495 e. The number of allylic oxidation sites excluding steroid dienone is 1. The van der Waals surface area contributed by atoms with Gasteiger partial charge in [-0.3, -0.25) is 9.52 Å². The van der Waals surface area contributed by atoms with Gasteiger partial charge in [0.15, 0.2) is 11.6 Å². The Morgan fingerprint density at radius 1 is 1.18 bits per heavy atom. The first-order chi connectivity index (χ1) is 18.0. The van der Waals surface area contributed by atoms with E-state index in [2.05, 4.69) is 31.6 Å². The number of pyridine rings is 1. The summed E-state index contributed by atoms with van der Waals surface area (Å²) < 4.78 is 43.0. The molecule has 38 heavy (non-hydrogen) atoms. The molecule has 14 heteroatoms. The van der Waals surface area contributed by atoms with E-state index in [9.17, 15) is 13.2 Å². The predicted molar refractivity (Wildman–Crippen MR) is 146 cm³/mol. The fourth-order valence-corrected chi connectivity index (χ4v) is 5.25. The molecule has 1 saturated heterocycles. The molecule has 0 unspecified atom stereocenters. The SMILES string of the molecule is C=CC(=O)C[C@H]1COC[C@H]1Nc1ncc2cc(-c3c(Cl)c(OC)cc(OC)c3Cl)nc(NS(C)(=O)=O)c2n1. The molecular formula is C24H25Cl2N5O6S. The van der Waals surface area contributed by atoms with E-state index >= 15 is 0 Å². The van der Waals surface area contributed by atoms with Gasteiger partial charge in [0.1, 0.15) is 17.0 Å². The van der Waals surface area contributed by atoms with Gasteiger partial charge in [-0.2, -0.15) is 0 Å². The number of carbonyl (C=O) groups is 1. The molecule has 0 saturated carbocycles. The number of halogens is 2. The fraction of sp³-hybridized carbons (Fsp3) is 0.333. The first-order valence-corrected chi connectivity index (χ1v) is 13.9. The van der Waals surface area contributed by atoms with Crippen LogP contribution in [0.4, 0.5) is 11.8 Å². The van der Waals surface area contributed by atoms with Crippen molar-refractivity contribution in [1.29, 1.82) is 0 Å². The summed E-state index contributed by atoms with van der Waals surface area (Å²) in [6.07, 6.45) is 4.07. The molecule has 2 N–H and O–H groups in total. The molecule has 11 nitrogen and oxygen atoms in total. The van der Waals surface area contributed by atoms with Gasteiger partial charge in [0, 0.05) is 35.6 Å². The van der Waals surface area contributed by atoms with E-state index < -0.39 is 10.0 Å². The maximum absolute atomic E-state index is 12.2. The van der Waals surface area contributed by atoms with Gasteiger partial charge >= 0.3 is 0 Å². The van der Waals surface area contributed by atoms with E-state index in [4.69, 9.17) is 37.4 Å². The molecule has 1 aromatic carbocycles. The zero-order valence-electron chi connectivity index (χ0n) is 20.7. The third-order valence-electron chi connectivity index (χ3n) is 5.88. The van der Waals surface area contributed by atoms with Crippen molar-refractivity contribution in [3.63, 3.8) is 0 Å². The summed E-state index contributed by atoms with van der Waals surface area (Å²) in [4.78, 5) is 25.3.